The number of carbonyl (C=O) groups excluding carboxylic acids is 1. The molecule has 1 aromatic carbocycles. The maximum absolute atomic E-state index is 12.0. The van der Waals surface area contributed by atoms with Crippen molar-refractivity contribution < 1.29 is 24.9 Å². The zero-order valence-electron chi connectivity index (χ0n) is 16.5. The summed E-state index contributed by atoms with van der Waals surface area (Å²) >= 11 is 0. The molecule has 154 valence electrons. The van der Waals surface area contributed by atoms with E-state index in [1.165, 1.54) is 0 Å². The van der Waals surface area contributed by atoms with E-state index in [4.69, 9.17) is 4.74 Å². The Morgan fingerprint density at radius 2 is 2.00 bits per heavy atom. The van der Waals surface area contributed by atoms with Crippen LogP contribution < -0.4 is 0 Å². The summed E-state index contributed by atoms with van der Waals surface area (Å²) in [6, 6.07) is 9.91. The van der Waals surface area contributed by atoms with Crippen LogP contribution in [-0.2, 0) is 16.0 Å². The molecule has 2 rings (SSSR count). The average Bonchev–Trinajstić information content (AvgIpc) is 2.95. The van der Waals surface area contributed by atoms with Crippen molar-refractivity contribution in [2.24, 2.45) is 5.92 Å². The molecule has 1 aliphatic carbocycles. The molecule has 28 heavy (non-hydrogen) atoms. The number of esters is 1. The van der Waals surface area contributed by atoms with Crippen LogP contribution in [0, 0.1) is 5.92 Å². The Bertz CT molecular complexity index is 640. The third-order valence-electron chi connectivity index (χ3n) is 5.07. The summed E-state index contributed by atoms with van der Waals surface area (Å²) in [6.07, 6.45) is 7.32. The molecule has 0 spiro atoms. The number of benzene rings is 1. The molecule has 5 heteroatoms. The minimum absolute atomic E-state index is 0.158. The van der Waals surface area contributed by atoms with Crippen molar-refractivity contribution in [1.82, 2.24) is 0 Å². The number of rotatable bonds is 10. The Morgan fingerprint density at radius 3 is 2.71 bits per heavy atom. The molecule has 0 aromatic heterocycles. The van der Waals surface area contributed by atoms with Crippen molar-refractivity contribution in [3.05, 3.63) is 60.2 Å². The van der Waals surface area contributed by atoms with E-state index in [0.717, 1.165) is 18.4 Å². The van der Waals surface area contributed by atoms with Crippen LogP contribution in [0.3, 0.4) is 0 Å². The molecule has 1 aliphatic rings. The van der Waals surface area contributed by atoms with E-state index in [2.05, 4.69) is 0 Å². The van der Waals surface area contributed by atoms with Crippen molar-refractivity contribution in [2.45, 2.75) is 69.9 Å². The van der Waals surface area contributed by atoms with Crippen molar-refractivity contribution >= 4 is 5.97 Å². The molecular weight excluding hydrogens is 356 g/mol. The predicted octanol–water partition coefficient (Wildman–Crippen LogP) is 2.94. The van der Waals surface area contributed by atoms with Crippen LogP contribution in [0.4, 0.5) is 0 Å². The molecule has 0 bridgehead atoms. The van der Waals surface area contributed by atoms with E-state index >= 15 is 0 Å². The van der Waals surface area contributed by atoms with E-state index in [-0.39, 0.29) is 18.8 Å². The topological polar surface area (TPSA) is 87.0 Å². The summed E-state index contributed by atoms with van der Waals surface area (Å²) < 4.78 is 5.44. The SMILES string of the molecule is CC=CCCCC(=O)O[C@@H]1[C@H](/C=C/[C@@H](O)CCc2ccccc2)[C@H](O)C[C@@H]1O. The van der Waals surface area contributed by atoms with Gasteiger partial charge in [-0.05, 0) is 38.2 Å². The maximum atomic E-state index is 12.0. The second-order valence-corrected chi connectivity index (χ2v) is 7.34. The van der Waals surface area contributed by atoms with Crippen molar-refractivity contribution in [2.75, 3.05) is 0 Å². The van der Waals surface area contributed by atoms with Gasteiger partial charge in [-0.15, -0.1) is 0 Å². The van der Waals surface area contributed by atoms with E-state index < -0.39 is 30.3 Å². The number of aryl methyl sites for hydroxylation is 1. The third-order valence-corrected chi connectivity index (χ3v) is 5.07. The first-order valence-electron chi connectivity index (χ1n) is 10.1. The lowest BCUT2D eigenvalue weighted by molar-refractivity contribution is -0.155. The molecule has 5 atom stereocenters. The first kappa shape index (κ1) is 22.3. The van der Waals surface area contributed by atoms with Gasteiger partial charge in [0.05, 0.1) is 18.3 Å². The summed E-state index contributed by atoms with van der Waals surface area (Å²) in [5.74, 6) is -0.883. The number of hydrogen-bond acceptors (Lipinski definition) is 5. The first-order chi connectivity index (χ1) is 13.5. The molecule has 0 heterocycles. The second-order valence-electron chi connectivity index (χ2n) is 7.34. The number of carbonyl (C=O) groups is 1. The van der Waals surface area contributed by atoms with Gasteiger partial charge in [-0.3, -0.25) is 4.79 Å². The Hall–Kier alpha value is -1.95. The van der Waals surface area contributed by atoms with Gasteiger partial charge in [0.15, 0.2) is 0 Å². The van der Waals surface area contributed by atoms with E-state index in [1.54, 1.807) is 12.2 Å². The number of aliphatic hydroxyl groups excluding tert-OH is 3. The van der Waals surface area contributed by atoms with Crippen molar-refractivity contribution in [3.8, 4) is 0 Å². The highest BCUT2D eigenvalue weighted by Crippen LogP contribution is 2.31. The fourth-order valence-corrected chi connectivity index (χ4v) is 3.46. The molecule has 0 unspecified atom stereocenters. The van der Waals surface area contributed by atoms with E-state index in [0.29, 0.717) is 12.8 Å². The first-order valence-corrected chi connectivity index (χ1v) is 10.1. The summed E-state index contributed by atoms with van der Waals surface area (Å²) in [7, 11) is 0. The fourth-order valence-electron chi connectivity index (χ4n) is 3.46. The van der Waals surface area contributed by atoms with Crippen molar-refractivity contribution in [1.29, 1.82) is 0 Å². The molecule has 3 N–H and O–H groups in total. The van der Waals surface area contributed by atoms with E-state index in [1.807, 2.05) is 49.4 Å². The lowest BCUT2D eigenvalue weighted by Gasteiger charge is -2.21. The molecule has 1 aromatic rings. The fraction of sp³-hybridized carbons (Fsp3) is 0.522. The summed E-state index contributed by atoms with van der Waals surface area (Å²) in [5, 5.41) is 30.6. The zero-order chi connectivity index (χ0) is 20.4. The molecule has 5 nitrogen and oxygen atoms in total. The molecule has 1 saturated carbocycles. The van der Waals surface area contributed by atoms with Crippen LogP contribution in [0.5, 0.6) is 0 Å². The number of unbranched alkanes of at least 4 members (excludes halogenated alkanes) is 1. The average molecular weight is 389 g/mol. The molecule has 1 fully saturated rings. The lowest BCUT2D eigenvalue weighted by Crippen LogP contribution is -2.32. The lowest BCUT2D eigenvalue weighted by atomic mass is 10.00. The maximum Gasteiger partial charge on any atom is 0.306 e. The van der Waals surface area contributed by atoms with Gasteiger partial charge in [-0.2, -0.15) is 0 Å². The summed E-state index contributed by atoms with van der Waals surface area (Å²) in [6.45, 7) is 1.93. The Balaban J connectivity index is 1.86. The van der Waals surface area contributed by atoms with Crippen LogP contribution >= 0.6 is 0 Å². The van der Waals surface area contributed by atoms with Gasteiger partial charge in [0.25, 0.3) is 0 Å². The quantitative estimate of drug-likeness (QED) is 0.326. The van der Waals surface area contributed by atoms with Crippen LogP contribution in [0.25, 0.3) is 0 Å². The van der Waals surface area contributed by atoms with Gasteiger partial charge >= 0.3 is 5.97 Å². The largest absolute Gasteiger partial charge is 0.459 e. The van der Waals surface area contributed by atoms with Gasteiger partial charge in [0, 0.05) is 18.8 Å². The highest BCUT2D eigenvalue weighted by molar-refractivity contribution is 5.69. The summed E-state index contributed by atoms with van der Waals surface area (Å²) in [4.78, 5) is 12.0. The predicted molar refractivity (Wildman–Crippen MR) is 109 cm³/mol. The minimum Gasteiger partial charge on any atom is -0.459 e. The summed E-state index contributed by atoms with van der Waals surface area (Å²) in [5.41, 5.74) is 1.15. The number of allylic oxidation sites excluding steroid dienone is 2. The second kappa shape index (κ2) is 11.8. The van der Waals surface area contributed by atoms with Gasteiger partial charge in [-0.25, -0.2) is 0 Å². The van der Waals surface area contributed by atoms with Crippen LogP contribution in [0.1, 0.15) is 44.6 Å². The van der Waals surface area contributed by atoms with Crippen LogP contribution in [0.2, 0.25) is 0 Å². The van der Waals surface area contributed by atoms with E-state index in [9.17, 15) is 20.1 Å². The molecule has 0 aliphatic heterocycles. The van der Waals surface area contributed by atoms with Gasteiger partial charge in [0.1, 0.15) is 6.10 Å². The number of aliphatic hydroxyl groups is 3. The molecule has 0 saturated heterocycles. The van der Waals surface area contributed by atoms with Gasteiger partial charge in [0.2, 0.25) is 0 Å². The normalized spacial score (nSPS) is 26.1. The van der Waals surface area contributed by atoms with Gasteiger partial charge in [-0.1, -0.05) is 54.6 Å². The molecule has 0 amide bonds. The third kappa shape index (κ3) is 7.23. The highest BCUT2D eigenvalue weighted by atomic mass is 16.6. The Morgan fingerprint density at radius 1 is 1.25 bits per heavy atom. The van der Waals surface area contributed by atoms with Gasteiger partial charge < -0.3 is 20.1 Å². The minimum atomic E-state index is -0.898. The standard InChI is InChI=1S/C23H32O5/c1-2-3-4-8-11-22(27)28-23-19(20(25)16-21(23)26)15-14-18(24)13-12-17-9-6-5-7-10-17/h2-3,5-7,9-10,14-15,18-21,23-26H,4,8,11-13,16H2,1H3/b3-2?,15-14+/t18-,19+,20+,21-,23+/m0/s1. The van der Waals surface area contributed by atoms with Crippen LogP contribution in [0.15, 0.2) is 54.6 Å². The number of hydrogen-bond donors (Lipinski definition) is 3. The molecular formula is C23H32O5. The highest BCUT2D eigenvalue weighted by Gasteiger charge is 2.42. The van der Waals surface area contributed by atoms with Crippen LogP contribution in [-0.4, -0.2) is 45.7 Å². The molecule has 0 radical (unpaired) electrons. The monoisotopic (exact) mass is 388 g/mol. The number of ether oxygens (including phenoxy) is 1. The smallest absolute Gasteiger partial charge is 0.306 e. The Kier molecular flexibility index (Phi) is 9.41. The Labute approximate surface area is 167 Å². The van der Waals surface area contributed by atoms with Crippen molar-refractivity contribution in [3.63, 3.8) is 0 Å². The zero-order valence-corrected chi connectivity index (χ0v) is 16.5.